The SMILES string of the molecule is CC(C)=CCc1c2c(c(O)c3c(=O)c4c(oc13)=C1C(C/C=C(\C)C(=O)O)COC(C)(C)C1C[C@H](C=O)C=4)C=CC(C)(C/C=C\C(C)(C)O)O2. The Bertz CT molecular complexity index is 1990. The second-order valence-corrected chi connectivity index (χ2v) is 15.2. The number of phenolic OH excluding ortho intramolecular Hbond substituents is 1. The Labute approximate surface area is 286 Å². The molecule has 3 N–H and O–H groups in total. The Morgan fingerprint density at radius 2 is 1.86 bits per heavy atom. The molecule has 2 aromatic rings. The number of carbonyl (C=O) groups excluding carboxylic acids is 1. The molecule has 3 aliphatic rings. The number of aldehydes is 1. The molecule has 0 spiro atoms. The highest BCUT2D eigenvalue weighted by atomic mass is 16.5. The molecule has 1 aromatic carbocycles. The summed E-state index contributed by atoms with van der Waals surface area (Å²) >= 11 is 0. The van der Waals surface area contributed by atoms with Crippen LogP contribution in [0, 0.1) is 17.8 Å². The summed E-state index contributed by atoms with van der Waals surface area (Å²) < 4.78 is 19.9. The van der Waals surface area contributed by atoms with E-state index in [1.54, 1.807) is 38.2 Å². The third kappa shape index (κ3) is 7.24. The monoisotopic (exact) mass is 672 g/mol. The molecule has 2 aliphatic heterocycles. The number of allylic oxidation sites excluding steroid dienone is 3. The standard InChI is InChI=1S/C40H48O9/c1-22(2)10-13-27-34-26(14-17-40(8,49-34)16-9-15-38(4,5)46)32(42)31-33(43)28-18-24(20-41)19-29-30(36(28)48-35(27)31)25(21-47-39(29,6)7)12-11-23(3)37(44)45/h9-11,14-15,17-18,20,24-25,29,42,46H,12-13,16,19,21H2,1-8H3,(H,44,45)/b15-9-,23-11+/t24-,25?,29?,40?/m1/s1. The number of hydrogen-bond donors (Lipinski definition) is 3. The average Bonchev–Trinajstić information content (AvgIpc) is 3.18. The summed E-state index contributed by atoms with van der Waals surface area (Å²) in [6.45, 7) is 14.9. The summed E-state index contributed by atoms with van der Waals surface area (Å²) in [5, 5.41) is 31.7. The van der Waals surface area contributed by atoms with E-state index in [0.29, 0.717) is 48.0 Å². The van der Waals surface area contributed by atoms with Crippen LogP contribution in [0.25, 0.3) is 28.7 Å². The number of aliphatic carboxylic acids is 1. The Morgan fingerprint density at radius 1 is 1.14 bits per heavy atom. The van der Waals surface area contributed by atoms with Crippen molar-refractivity contribution < 1.29 is 38.8 Å². The Hall–Kier alpha value is -4.21. The second-order valence-electron chi connectivity index (χ2n) is 15.2. The van der Waals surface area contributed by atoms with Gasteiger partial charge < -0.3 is 34.0 Å². The summed E-state index contributed by atoms with van der Waals surface area (Å²) in [6, 6.07) is 0. The van der Waals surface area contributed by atoms with E-state index in [0.717, 1.165) is 17.4 Å². The van der Waals surface area contributed by atoms with Gasteiger partial charge in [-0.3, -0.25) is 4.79 Å². The molecular weight excluding hydrogens is 624 g/mol. The van der Waals surface area contributed by atoms with E-state index < -0.39 is 34.1 Å². The number of rotatable bonds is 9. The third-order valence-electron chi connectivity index (χ3n) is 9.82. The van der Waals surface area contributed by atoms with Crippen molar-refractivity contribution in [2.24, 2.45) is 17.8 Å². The van der Waals surface area contributed by atoms with E-state index in [-0.39, 0.29) is 46.0 Å². The molecule has 0 bridgehead atoms. The topological polar surface area (TPSA) is 143 Å². The van der Waals surface area contributed by atoms with Gasteiger partial charge in [-0.1, -0.05) is 36.0 Å². The van der Waals surface area contributed by atoms with Crippen LogP contribution in [0.2, 0.25) is 0 Å². The van der Waals surface area contributed by atoms with Gasteiger partial charge in [0, 0.05) is 35.3 Å². The zero-order chi connectivity index (χ0) is 36.1. The van der Waals surface area contributed by atoms with Crippen LogP contribution in [0.4, 0.5) is 0 Å². The van der Waals surface area contributed by atoms with Crippen LogP contribution in [-0.2, 0) is 20.7 Å². The van der Waals surface area contributed by atoms with Gasteiger partial charge >= 0.3 is 5.97 Å². The van der Waals surface area contributed by atoms with Crippen LogP contribution in [0.15, 0.2) is 50.7 Å². The Balaban J connectivity index is 1.88. The summed E-state index contributed by atoms with van der Waals surface area (Å²) in [5.41, 5.74) is 0.545. The van der Waals surface area contributed by atoms with Crippen molar-refractivity contribution >= 4 is 40.9 Å². The summed E-state index contributed by atoms with van der Waals surface area (Å²) in [7, 11) is 0. The molecule has 0 radical (unpaired) electrons. The van der Waals surface area contributed by atoms with Gasteiger partial charge in [0.25, 0.3) is 0 Å². The van der Waals surface area contributed by atoms with Crippen molar-refractivity contribution in [2.75, 3.05) is 6.61 Å². The van der Waals surface area contributed by atoms with Gasteiger partial charge in [0.05, 0.1) is 28.6 Å². The molecule has 1 saturated heterocycles. The molecule has 9 heteroatoms. The molecule has 0 amide bonds. The van der Waals surface area contributed by atoms with E-state index in [9.17, 15) is 29.7 Å². The maximum Gasteiger partial charge on any atom is 0.330 e. The molecule has 5 rings (SSSR count). The fourth-order valence-corrected chi connectivity index (χ4v) is 7.00. The smallest absolute Gasteiger partial charge is 0.330 e. The molecule has 49 heavy (non-hydrogen) atoms. The lowest BCUT2D eigenvalue weighted by Crippen LogP contribution is -2.48. The van der Waals surface area contributed by atoms with Crippen molar-refractivity contribution in [1.29, 1.82) is 0 Å². The number of benzene rings is 1. The van der Waals surface area contributed by atoms with Gasteiger partial charge in [-0.05, 0) is 92.4 Å². The fourth-order valence-electron chi connectivity index (χ4n) is 7.00. The van der Waals surface area contributed by atoms with E-state index >= 15 is 0 Å². The number of carboxylic acids is 1. The first-order valence-corrected chi connectivity index (χ1v) is 16.9. The first kappa shape index (κ1) is 36.1. The molecule has 3 heterocycles. The second kappa shape index (κ2) is 13.2. The lowest BCUT2D eigenvalue weighted by Gasteiger charge is -2.44. The predicted molar refractivity (Wildman–Crippen MR) is 190 cm³/mol. The first-order valence-electron chi connectivity index (χ1n) is 16.9. The molecule has 1 aromatic heterocycles. The molecule has 3 unspecified atom stereocenters. The number of fused-ring (bicyclic) bond motifs is 4. The normalized spacial score (nSPS) is 24.7. The molecule has 1 aliphatic carbocycles. The minimum absolute atomic E-state index is 0.0119. The maximum absolute atomic E-state index is 14.6. The molecule has 0 saturated carbocycles. The van der Waals surface area contributed by atoms with Gasteiger partial charge in [-0.2, -0.15) is 0 Å². The molecule has 262 valence electrons. The summed E-state index contributed by atoms with van der Waals surface area (Å²) in [4.78, 5) is 38.7. The van der Waals surface area contributed by atoms with Crippen molar-refractivity contribution in [2.45, 2.75) is 97.9 Å². The van der Waals surface area contributed by atoms with Crippen LogP contribution < -0.4 is 20.8 Å². The largest absolute Gasteiger partial charge is 0.506 e. The lowest BCUT2D eigenvalue weighted by atomic mass is 9.72. The Kier molecular flexibility index (Phi) is 9.76. The molecule has 4 atom stereocenters. The van der Waals surface area contributed by atoms with E-state index in [1.807, 2.05) is 52.8 Å². The van der Waals surface area contributed by atoms with E-state index in [4.69, 9.17) is 13.9 Å². The van der Waals surface area contributed by atoms with Gasteiger partial charge in [0.1, 0.15) is 39.8 Å². The Morgan fingerprint density at radius 3 is 2.49 bits per heavy atom. The number of aliphatic hydroxyl groups is 1. The van der Waals surface area contributed by atoms with Crippen molar-refractivity contribution in [3.05, 3.63) is 73.5 Å². The minimum atomic E-state index is -1.02. The highest BCUT2D eigenvalue weighted by Crippen LogP contribution is 2.47. The first-order chi connectivity index (χ1) is 22.9. The van der Waals surface area contributed by atoms with Crippen LogP contribution in [0.5, 0.6) is 11.5 Å². The van der Waals surface area contributed by atoms with Gasteiger partial charge in [-0.25, -0.2) is 4.79 Å². The van der Waals surface area contributed by atoms with E-state index in [2.05, 4.69) is 0 Å². The molecule has 9 nitrogen and oxygen atoms in total. The van der Waals surface area contributed by atoms with Gasteiger partial charge in [0.2, 0.25) is 5.43 Å². The van der Waals surface area contributed by atoms with Gasteiger partial charge in [0.15, 0.2) is 0 Å². The number of ether oxygens (including phenoxy) is 2. The third-order valence-corrected chi connectivity index (χ3v) is 9.82. The highest BCUT2D eigenvalue weighted by Gasteiger charge is 2.44. The fraction of sp³-hybridized carbons (Fsp3) is 0.475. The van der Waals surface area contributed by atoms with Crippen LogP contribution in [0.3, 0.4) is 0 Å². The molecule has 1 fully saturated rings. The number of carboxylic acid groups (broad SMARTS) is 1. The maximum atomic E-state index is 14.6. The summed E-state index contributed by atoms with van der Waals surface area (Å²) in [6.07, 6.45) is 14.8. The number of phenols is 1. The number of hydrogen-bond acceptors (Lipinski definition) is 8. The highest BCUT2D eigenvalue weighted by molar-refractivity contribution is 5.94. The lowest BCUT2D eigenvalue weighted by molar-refractivity contribution is -0.132. The number of carbonyl (C=O) groups is 2. The van der Waals surface area contributed by atoms with Crippen molar-refractivity contribution in [1.82, 2.24) is 0 Å². The average molecular weight is 673 g/mol. The van der Waals surface area contributed by atoms with Crippen LogP contribution in [0.1, 0.15) is 85.8 Å². The zero-order valence-corrected chi connectivity index (χ0v) is 29.7. The molecular formula is C40H48O9. The van der Waals surface area contributed by atoms with Crippen LogP contribution in [-0.4, -0.2) is 51.0 Å². The van der Waals surface area contributed by atoms with Crippen molar-refractivity contribution in [3.8, 4) is 11.5 Å². The summed E-state index contributed by atoms with van der Waals surface area (Å²) in [5.74, 6) is -2.16. The van der Waals surface area contributed by atoms with E-state index in [1.165, 1.54) is 6.92 Å². The predicted octanol–water partition coefficient (Wildman–Crippen LogP) is 5.50. The number of aromatic hydroxyl groups is 1. The minimum Gasteiger partial charge on any atom is -0.506 e. The van der Waals surface area contributed by atoms with Crippen LogP contribution >= 0.6 is 0 Å². The zero-order valence-electron chi connectivity index (χ0n) is 29.7. The quantitative estimate of drug-likeness (QED) is 0.179. The van der Waals surface area contributed by atoms with Crippen molar-refractivity contribution in [3.63, 3.8) is 0 Å². The van der Waals surface area contributed by atoms with Gasteiger partial charge in [-0.15, -0.1) is 0 Å².